The van der Waals surface area contributed by atoms with Gasteiger partial charge in [-0.1, -0.05) is 71.2 Å². The number of hydrogen-bond donors (Lipinski definition) is 3. The van der Waals surface area contributed by atoms with Crippen molar-refractivity contribution in [3.63, 3.8) is 0 Å². The Balaban J connectivity index is 2.11. The number of amides is 1. The van der Waals surface area contributed by atoms with Gasteiger partial charge in [0.2, 0.25) is 3.79 Å². The third-order valence-corrected chi connectivity index (χ3v) is 4.05. The number of alkyl halides is 3. The number of hydrogen-bond acceptors (Lipinski definition) is 3. The first kappa shape index (κ1) is 19.8. The van der Waals surface area contributed by atoms with Gasteiger partial charge in [-0.15, -0.1) is 0 Å². The molecule has 0 aliphatic carbocycles. The lowest BCUT2D eigenvalue weighted by Crippen LogP contribution is -2.56. The van der Waals surface area contributed by atoms with Crippen molar-refractivity contribution >= 4 is 74.7 Å². The highest BCUT2D eigenvalue weighted by Gasteiger charge is 2.35. The number of carbonyl (C=O) groups is 1. The molecule has 0 heterocycles. The van der Waals surface area contributed by atoms with Crippen LogP contribution in [0.25, 0.3) is 10.8 Å². The van der Waals surface area contributed by atoms with Crippen LogP contribution in [0.5, 0.6) is 0 Å². The summed E-state index contributed by atoms with van der Waals surface area (Å²) in [6.07, 6.45) is -1.80. The highest BCUT2D eigenvalue weighted by atomic mass is 35.6. The fourth-order valence-electron chi connectivity index (χ4n) is 2.11. The van der Waals surface area contributed by atoms with Gasteiger partial charge < -0.3 is 15.4 Å². The molecule has 0 aromatic heterocycles. The number of nitrogens with one attached hydrogen (secondary N) is 3. The lowest BCUT2D eigenvalue weighted by atomic mass is 10.1. The van der Waals surface area contributed by atoms with Gasteiger partial charge in [0.1, 0.15) is 0 Å². The number of benzene rings is 2. The largest absolute Gasteiger partial charge is 0.450 e. The Labute approximate surface area is 165 Å². The molecule has 5 nitrogen and oxygen atoms in total. The van der Waals surface area contributed by atoms with Crippen LogP contribution in [-0.4, -0.2) is 27.8 Å². The van der Waals surface area contributed by atoms with Crippen molar-refractivity contribution in [3.05, 3.63) is 42.5 Å². The number of fused-ring (bicyclic) bond motifs is 1. The van der Waals surface area contributed by atoms with E-state index in [1.54, 1.807) is 6.92 Å². The minimum atomic E-state index is -1.84. The molecule has 0 saturated carbocycles. The van der Waals surface area contributed by atoms with Gasteiger partial charge in [0, 0.05) is 11.1 Å². The number of rotatable bonds is 4. The summed E-state index contributed by atoms with van der Waals surface area (Å²) in [5.74, 6) is 0. The van der Waals surface area contributed by atoms with Crippen molar-refractivity contribution < 1.29 is 9.53 Å². The Hall–Kier alpha value is -1.47. The van der Waals surface area contributed by atoms with Gasteiger partial charge in [0.15, 0.2) is 11.3 Å². The summed E-state index contributed by atoms with van der Waals surface area (Å²) in [5.41, 5.74) is 0.787. The third-order valence-electron chi connectivity index (χ3n) is 3.18. The van der Waals surface area contributed by atoms with Crippen LogP contribution in [0, 0.1) is 0 Å². The predicted molar refractivity (Wildman–Crippen MR) is 108 cm³/mol. The van der Waals surface area contributed by atoms with Crippen molar-refractivity contribution in [3.8, 4) is 0 Å². The summed E-state index contributed by atoms with van der Waals surface area (Å²) in [5, 5.41) is 10.5. The average molecular weight is 421 g/mol. The fourth-order valence-corrected chi connectivity index (χ4v) is 2.67. The molecule has 134 valence electrons. The Kier molecular flexibility index (Phi) is 6.95. The second-order valence-electron chi connectivity index (χ2n) is 4.96. The summed E-state index contributed by atoms with van der Waals surface area (Å²) < 4.78 is 2.96. The van der Waals surface area contributed by atoms with Crippen molar-refractivity contribution in [1.82, 2.24) is 10.6 Å². The van der Waals surface area contributed by atoms with E-state index in [-0.39, 0.29) is 11.7 Å². The third kappa shape index (κ3) is 5.78. The molecular formula is C16H16Cl3N3O2S. The van der Waals surface area contributed by atoms with Gasteiger partial charge in [-0.3, -0.25) is 5.32 Å². The van der Waals surface area contributed by atoms with E-state index < -0.39 is 16.1 Å². The number of anilines is 1. The quantitative estimate of drug-likeness (QED) is 0.384. The van der Waals surface area contributed by atoms with E-state index in [4.69, 9.17) is 51.8 Å². The molecule has 2 aromatic carbocycles. The van der Waals surface area contributed by atoms with Gasteiger partial charge in [-0.2, -0.15) is 0 Å². The highest BCUT2D eigenvalue weighted by Crippen LogP contribution is 2.29. The van der Waals surface area contributed by atoms with Crippen LogP contribution in [0.15, 0.2) is 42.5 Å². The normalized spacial score (nSPS) is 12.3. The standard InChI is InChI=1S/C16H16Cl3N3O2S/c1-2-24-15(23)22-13(16(17,18)19)21-14(25)20-12-9-5-7-10-6-3-4-8-11(10)12/h3-9,13H,2H2,1H3,(H,22,23)(H2,20,21,25)/t13-/m0/s1. The van der Waals surface area contributed by atoms with Crippen LogP contribution >= 0.6 is 47.0 Å². The lowest BCUT2D eigenvalue weighted by Gasteiger charge is -2.27. The van der Waals surface area contributed by atoms with Crippen molar-refractivity contribution in [1.29, 1.82) is 0 Å². The summed E-state index contributed by atoms with van der Waals surface area (Å²) in [4.78, 5) is 11.6. The topological polar surface area (TPSA) is 62.4 Å². The Morgan fingerprint density at radius 2 is 1.84 bits per heavy atom. The van der Waals surface area contributed by atoms with E-state index in [1.807, 2.05) is 42.5 Å². The predicted octanol–water partition coefficient (Wildman–Crippen LogP) is 4.57. The van der Waals surface area contributed by atoms with E-state index in [9.17, 15) is 4.79 Å². The van der Waals surface area contributed by atoms with E-state index in [0.717, 1.165) is 16.5 Å². The first-order chi connectivity index (χ1) is 11.8. The maximum absolute atomic E-state index is 11.6. The van der Waals surface area contributed by atoms with E-state index >= 15 is 0 Å². The number of carbonyl (C=O) groups excluding carboxylic acids is 1. The minimum absolute atomic E-state index is 0.185. The summed E-state index contributed by atoms with van der Waals surface area (Å²) in [7, 11) is 0. The maximum Gasteiger partial charge on any atom is 0.408 e. The van der Waals surface area contributed by atoms with Gasteiger partial charge in [0.25, 0.3) is 0 Å². The molecule has 0 aliphatic rings. The average Bonchev–Trinajstić information content (AvgIpc) is 2.54. The molecule has 2 rings (SSSR count). The van der Waals surface area contributed by atoms with Gasteiger partial charge in [0.05, 0.1) is 6.61 Å². The van der Waals surface area contributed by atoms with Crippen LogP contribution in [0.1, 0.15) is 6.92 Å². The zero-order valence-corrected chi connectivity index (χ0v) is 16.3. The fraction of sp³-hybridized carbons (Fsp3) is 0.250. The Morgan fingerprint density at radius 3 is 2.52 bits per heavy atom. The first-order valence-electron chi connectivity index (χ1n) is 7.36. The first-order valence-corrected chi connectivity index (χ1v) is 8.90. The number of alkyl carbamates (subject to hydrolysis) is 1. The highest BCUT2D eigenvalue weighted by molar-refractivity contribution is 7.80. The molecule has 0 unspecified atom stereocenters. The van der Waals surface area contributed by atoms with Gasteiger partial charge in [-0.05, 0) is 30.6 Å². The van der Waals surface area contributed by atoms with Gasteiger partial charge in [-0.25, -0.2) is 4.79 Å². The molecule has 25 heavy (non-hydrogen) atoms. The Bertz CT molecular complexity index is 762. The zero-order valence-electron chi connectivity index (χ0n) is 13.2. The SMILES string of the molecule is CCOC(=O)N[C@H](NC(=S)Nc1cccc2ccccc12)C(Cl)(Cl)Cl. The number of halogens is 3. The van der Waals surface area contributed by atoms with Crippen molar-refractivity contribution in [2.24, 2.45) is 0 Å². The van der Waals surface area contributed by atoms with Crippen LogP contribution in [0.3, 0.4) is 0 Å². The van der Waals surface area contributed by atoms with Crippen LogP contribution < -0.4 is 16.0 Å². The molecule has 0 bridgehead atoms. The molecule has 9 heteroatoms. The van der Waals surface area contributed by atoms with Crippen molar-refractivity contribution in [2.45, 2.75) is 16.9 Å². The molecule has 0 fully saturated rings. The second-order valence-corrected chi connectivity index (χ2v) is 7.74. The molecule has 2 aromatic rings. The summed E-state index contributed by atoms with van der Waals surface area (Å²) in [6, 6.07) is 13.6. The van der Waals surface area contributed by atoms with Crippen LogP contribution in [-0.2, 0) is 4.74 Å². The molecule has 1 amide bonds. The maximum atomic E-state index is 11.6. The van der Waals surface area contributed by atoms with E-state index in [0.29, 0.717) is 0 Å². The Morgan fingerprint density at radius 1 is 1.16 bits per heavy atom. The van der Waals surface area contributed by atoms with Crippen LogP contribution in [0.2, 0.25) is 0 Å². The molecule has 0 aliphatic heterocycles. The molecule has 0 spiro atoms. The monoisotopic (exact) mass is 419 g/mol. The molecule has 0 saturated heterocycles. The summed E-state index contributed by atoms with van der Waals surface area (Å²) in [6.45, 7) is 1.86. The van der Waals surface area contributed by atoms with Crippen molar-refractivity contribution in [2.75, 3.05) is 11.9 Å². The number of ether oxygens (including phenoxy) is 1. The second kappa shape index (κ2) is 8.76. The molecule has 0 radical (unpaired) electrons. The van der Waals surface area contributed by atoms with Crippen LogP contribution in [0.4, 0.5) is 10.5 Å². The number of thiocarbonyl (C=S) groups is 1. The lowest BCUT2D eigenvalue weighted by molar-refractivity contribution is 0.147. The zero-order chi connectivity index (χ0) is 18.4. The molecular weight excluding hydrogens is 405 g/mol. The smallest absolute Gasteiger partial charge is 0.408 e. The molecule has 1 atom stereocenters. The molecule has 3 N–H and O–H groups in total. The minimum Gasteiger partial charge on any atom is -0.450 e. The summed E-state index contributed by atoms with van der Waals surface area (Å²) >= 11 is 23.0. The van der Waals surface area contributed by atoms with E-state index in [2.05, 4.69) is 16.0 Å². The van der Waals surface area contributed by atoms with E-state index in [1.165, 1.54) is 0 Å². The van der Waals surface area contributed by atoms with Gasteiger partial charge >= 0.3 is 6.09 Å².